The molecule has 1 N–H and O–H groups in total. The van der Waals surface area contributed by atoms with Crippen molar-refractivity contribution < 1.29 is 4.79 Å². The Labute approximate surface area is 137 Å². The molecule has 2 aromatic carbocycles. The van der Waals surface area contributed by atoms with Crippen LogP contribution in [0, 0.1) is 0 Å². The summed E-state index contributed by atoms with van der Waals surface area (Å²) in [5, 5.41) is 14.9. The first kappa shape index (κ1) is 14.0. The number of nitrogens with zero attached hydrogens (tertiary/aromatic N) is 5. The van der Waals surface area contributed by atoms with Gasteiger partial charge in [0.25, 0.3) is 5.91 Å². The highest BCUT2D eigenvalue weighted by Crippen LogP contribution is 2.23. The van der Waals surface area contributed by atoms with Gasteiger partial charge in [-0.05, 0) is 46.8 Å². The third-order valence-electron chi connectivity index (χ3n) is 3.64. The van der Waals surface area contributed by atoms with Gasteiger partial charge in [-0.3, -0.25) is 9.78 Å². The molecule has 0 radical (unpaired) electrons. The molecule has 4 rings (SSSR count). The maximum Gasteiger partial charge on any atom is 0.257 e. The Morgan fingerprint density at radius 1 is 1.00 bits per heavy atom. The summed E-state index contributed by atoms with van der Waals surface area (Å²) in [7, 11) is 0. The summed E-state index contributed by atoms with van der Waals surface area (Å²) in [5.41, 5.74) is 2.62. The van der Waals surface area contributed by atoms with Crippen LogP contribution in [0.4, 0.5) is 5.69 Å². The van der Waals surface area contributed by atoms with Gasteiger partial charge in [-0.15, -0.1) is 5.10 Å². The van der Waals surface area contributed by atoms with E-state index in [4.69, 9.17) is 0 Å². The molecule has 2 heterocycles. The number of amides is 1. The Bertz CT molecular complexity index is 1010. The molecule has 4 aromatic rings. The standard InChI is InChI=1S/C17H12N6O/c24-17(13-5-1-2-9-16(13)23-11-19-21-22-23)20-15-8-3-7-14-12(15)6-4-10-18-14/h1-11H,(H,20,24). The number of anilines is 1. The lowest BCUT2D eigenvalue weighted by Gasteiger charge is -2.11. The van der Waals surface area contributed by atoms with Crippen LogP contribution in [-0.4, -0.2) is 31.1 Å². The van der Waals surface area contributed by atoms with Crippen molar-refractivity contribution in [3.05, 3.63) is 72.7 Å². The van der Waals surface area contributed by atoms with Crippen LogP contribution < -0.4 is 5.32 Å². The minimum Gasteiger partial charge on any atom is -0.321 e. The van der Waals surface area contributed by atoms with Crippen LogP contribution in [0.25, 0.3) is 16.6 Å². The third-order valence-corrected chi connectivity index (χ3v) is 3.64. The molecule has 0 aliphatic rings. The van der Waals surface area contributed by atoms with Crippen molar-refractivity contribution in [2.24, 2.45) is 0 Å². The molecular formula is C17H12N6O. The van der Waals surface area contributed by atoms with E-state index in [1.54, 1.807) is 24.4 Å². The fourth-order valence-corrected chi connectivity index (χ4v) is 2.54. The number of para-hydroxylation sites is 1. The third kappa shape index (κ3) is 2.48. The fourth-order valence-electron chi connectivity index (χ4n) is 2.54. The second-order valence-electron chi connectivity index (χ2n) is 5.10. The molecule has 116 valence electrons. The lowest BCUT2D eigenvalue weighted by Crippen LogP contribution is -2.15. The van der Waals surface area contributed by atoms with Crippen molar-refractivity contribution in [2.75, 3.05) is 5.32 Å². The minimum absolute atomic E-state index is 0.238. The highest BCUT2D eigenvalue weighted by atomic mass is 16.1. The van der Waals surface area contributed by atoms with Crippen molar-refractivity contribution >= 4 is 22.5 Å². The van der Waals surface area contributed by atoms with E-state index in [0.29, 0.717) is 16.9 Å². The number of pyridine rings is 1. The van der Waals surface area contributed by atoms with E-state index in [1.165, 1.54) is 11.0 Å². The molecule has 0 atom stereocenters. The van der Waals surface area contributed by atoms with Gasteiger partial charge < -0.3 is 5.32 Å². The molecule has 0 spiro atoms. The van der Waals surface area contributed by atoms with Crippen molar-refractivity contribution in [1.82, 2.24) is 25.2 Å². The molecule has 0 bridgehead atoms. The van der Waals surface area contributed by atoms with Crippen LogP contribution >= 0.6 is 0 Å². The number of hydrogen-bond donors (Lipinski definition) is 1. The lowest BCUT2D eigenvalue weighted by molar-refractivity contribution is 0.102. The number of carbonyl (C=O) groups excluding carboxylic acids is 1. The largest absolute Gasteiger partial charge is 0.321 e. The van der Waals surface area contributed by atoms with Crippen LogP contribution in [0.2, 0.25) is 0 Å². The molecule has 0 unspecified atom stereocenters. The Hall–Kier alpha value is -3.61. The molecule has 7 nitrogen and oxygen atoms in total. The van der Waals surface area contributed by atoms with E-state index < -0.39 is 0 Å². The smallest absolute Gasteiger partial charge is 0.257 e. The second-order valence-corrected chi connectivity index (χ2v) is 5.10. The average Bonchev–Trinajstić information content (AvgIpc) is 3.16. The van der Waals surface area contributed by atoms with Crippen LogP contribution in [-0.2, 0) is 0 Å². The van der Waals surface area contributed by atoms with E-state index in [2.05, 4.69) is 25.8 Å². The van der Waals surface area contributed by atoms with E-state index in [1.807, 2.05) is 36.4 Å². The van der Waals surface area contributed by atoms with Gasteiger partial charge in [-0.2, -0.15) is 4.68 Å². The van der Waals surface area contributed by atoms with Gasteiger partial charge in [0.05, 0.1) is 22.5 Å². The molecule has 0 saturated heterocycles. The predicted octanol–water partition coefficient (Wildman–Crippen LogP) is 2.46. The number of tetrazole rings is 1. The molecule has 0 fully saturated rings. The summed E-state index contributed by atoms with van der Waals surface area (Å²) < 4.78 is 1.46. The van der Waals surface area contributed by atoms with Crippen LogP contribution in [0.15, 0.2) is 67.1 Å². The number of rotatable bonds is 3. The summed E-state index contributed by atoms with van der Waals surface area (Å²) in [5.74, 6) is -0.238. The SMILES string of the molecule is O=C(Nc1cccc2ncccc12)c1ccccc1-n1cnnn1. The maximum atomic E-state index is 12.8. The summed E-state index contributed by atoms with van der Waals surface area (Å²) >= 11 is 0. The van der Waals surface area contributed by atoms with Crippen LogP contribution in [0.5, 0.6) is 0 Å². The minimum atomic E-state index is -0.238. The summed E-state index contributed by atoms with van der Waals surface area (Å²) in [6.45, 7) is 0. The zero-order valence-corrected chi connectivity index (χ0v) is 12.5. The number of hydrogen-bond acceptors (Lipinski definition) is 5. The molecule has 2 aromatic heterocycles. The first-order valence-electron chi connectivity index (χ1n) is 7.30. The van der Waals surface area contributed by atoms with Gasteiger partial charge in [0.2, 0.25) is 0 Å². The number of aromatic nitrogens is 5. The molecule has 0 aliphatic carbocycles. The van der Waals surface area contributed by atoms with Crippen molar-refractivity contribution in [2.45, 2.75) is 0 Å². The highest BCUT2D eigenvalue weighted by Gasteiger charge is 2.14. The fraction of sp³-hybridized carbons (Fsp3) is 0. The summed E-state index contributed by atoms with van der Waals surface area (Å²) in [4.78, 5) is 17.1. The Kier molecular flexibility index (Phi) is 3.43. The van der Waals surface area contributed by atoms with E-state index in [-0.39, 0.29) is 5.91 Å². The van der Waals surface area contributed by atoms with E-state index in [0.717, 1.165) is 10.9 Å². The molecule has 7 heteroatoms. The van der Waals surface area contributed by atoms with Crippen molar-refractivity contribution in [3.63, 3.8) is 0 Å². The molecular weight excluding hydrogens is 304 g/mol. The Morgan fingerprint density at radius 3 is 2.79 bits per heavy atom. The van der Waals surface area contributed by atoms with Gasteiger partial charge in [-0.1, -0.05) is 18.2 Å². The zero-order chi connectivity index (χ0) is 16.4. The normalized spacial score (nSPS) is 10.7. The summed E-state index contributed by atoms with van der Waals surface area (Å²) in [6, 6.07) is 16.5. The van der Waals surface area contributed by atoms with E-state index >= 15 is 0 Å². The highest BCUT2D eigenvalue weighted by molar-refractivity contribution is 6.10. The first-order valence-corrected chi connectivity index (χ1v) is 7.30. The molecule has 24 heavy (non-hydrogen) atoms. The first-order chi connectivity index (χ1) is 11.8. The topological polar surface area (TPSA) is 85.6 Å². The van der Waals surface area contributed by atoms with E-state index in [9.17, 15) is 4.79 Å². The quantitative estimate of drug-likeness (QED) is 0.627. The molecule has 1 amide bonds. The van der Waals surface area contributed by atoms with Crippen LogP contribution in [0.3, 0.4) is 0 Å². The van der Waals surface area contributed by atoms with Gasteiger partial charge in [0.15, 0.2) is 0 Å². The predicted molar refractivity (Wildman–Crippen MR) is 88.9 cm³/mol. The van der Waals surface area contributed by atoms with Gasteiger partial charge in [0.1, 0.15) is 6.33 Å². The second kappa shape index (κ2) is 5.88. The summed E-state index contributed by atoms with van der Waals surface area (Å²) in [6.07, 6.45) is 3.18. The number of benzene rings is 2. The maximum absolute atomic E-state index is 12.8. The molecule has 0 saturated carbocycles. The average molecular weight is 316 g/mol. The van der Waals surface area contributed by atoms with Crippen molar-refractivity contribution in [3.8, 4) is 5.69 Å². The lowest BCUT2D eigenvalue weighted by atomic mass is 10.1. The van der Waals surface area contributed by atoms with Crippen LogP contribution in [0.1, 0.15) is 10.4 Å². The van der Waals surface area contributed by atoms with Gasteiger partial charge in [-0.25, -0.2) is 0 Å². The number of fused-ring (bicyclic) bond motifs is 1. The van der Waals surface area contributed by atoms with Crippen molar-refractivity contribution in [1.29, 1.82) is 0 Å². The molecule has 0 aliphatic heterocycles. The Balaban J connectivity index is 1.73. The van der Waals surface area contributed by atoms with Gasteiger partial charge in [0, 0.05) is 11.6 Å². The van der Waals surface area contributed by atoms with Gasteiger partial charge >= 0.3 is 0 Å². The number of nitrogens with one attached hydrogen (secondary N) is 1. The zero-order valence-electron chi connectivity index (χ0n) is 12.5. The Morgan fingerprint density at radius 2 is 1.92 bits per heavy atom. The number of carbonyl (C=O) groups is 1. The monoisotopic (exact) mass is 316 g/mol.